The van der Waals surface area contributed by atoms with Crippen LogP contribution in [0.4, 0.5) is 5.69 Å². The lowest BCUT2D eigenvalue weighted by atomic mass is 9.68. The topological polar surface area (TPSA) is 70.0 Å². The molecule has 186 valence electrons. The molecule has 2 aromatic rings. The van der Waals surface area contributed by atoms with Crippen LogP contribution in [0.15, 0.2) is 49.1 Å². The van der Waals surface area contributed by atoms with Gasteiger partial charge >= 0.3 is 5.97 Å². The van der Waals surface area contributed by atoms with Gasteiger partial charge < -0.3 is 19.8 Å². The molecule has 0 radical (unpaired) electrons. The van der Waals surface area contributed by atoms with Crippen molar-refractivity contribution < 1.29 is 19.7 Å². The van der Waals surface area contributed by atoms with Crippen LogP contribution in [0.5, 0.6) is 5.75 Å². The second-order valence-electron chi connectivity index (χ2n) is 10.6. The van der Waals surface area contributed by atoms with Crippen molar-refractivity contribution in [1.82, 2.24) is 0 Å². The maximum atomic E-state index is 11.8. The lowest BCUT2D eigenvalue weighted by Gasteiger charge is -2.44. The summed E-state index contributed by atoms with van der Waals surface area (Å²) in [6.07, 6.45) is 8.33. The standard InChI is InChI=1S/C29H34ClNO4/c1-2-24(32)10-7-19-5-6-22(19)16-31-17-29(13-3-4-20-14-23(30)9-11-25(20)29)18-35-27-12-8-21(28(33)34)15-26(27)31/h2,8-9,11-12,14-15,19,22,24,32H,1,3-7,10,13,16-18H2,(H,33,34)/t19-,22-,24?,29-/m0/s1. The van der Waals surface area contributed by atoms with E-state index in [0.29, 0.717) is 18.4 Å². The van der Waals surface area contributed by atoms with Crippen molar-refractivity contribution in [1.29, 1.82) is 0 Å². The number of benzene rings is 2. The van der Waals surface area contributed by atoms with E-state index in [2.05, 4.69) is 23.6 Å². The fourth-order valence-corrected chi connectivity index (χ4v) is 6.49. The van der Waals surface area contributed by atoms with E-state index in [1.807, 2.05) is 12.1 Å². The van der Waals surface area contributed by atoms with E-state index >= 15 is 0 Å². The van der Waals surface area contributed by atoms with Crippen LogP contribution in [-0.4, -0.2) is 42.0 Å². The van der Waals surface area contributed by atoms with Crippen LogP contribution in [-0.2, 0) is 11.8 Å². The minimum atomic E-state index is -0.927. The maximum absolute atomic E-state index is 11.8. The van der Waals surface area contributed by atoms with E-state index in [0.717, 1.165) is 68.1 Å². The number of nitrogens with zero attached hydrogens (tertiary/aromatic N) is 1. The van der Waals surface area contributed by atoms with Crippen LogP contribution in [0.3, 0.4) is 0 Å². The quantitative estimate of drug-likeness (QED) is 0.470. The van der Waals surface area contributed by atoms with Gasteiger partial charge in [0.1, 0.15) is 5.75 Å². The van der Waals surface area contributed by atoms with Gasteiger partial charge in [-0.1, -0.05) is 23.7 Å². The van der Waals surface area contributed by atoms with Gasteiger partial charge in [-0.15, -0.1) is 6.58 Å². The molecule has 2 N–H and O–H groups in total. The highest BCUT2D eigenvalue weighted by atomic mass is 35.5. The van der Waals surface area contributed by atoms with E-state index in [1.165, 1.54) is 17.5 Å². The maximum Gasteiger partial charge on any atom is 0.335 e. The van der Waals surface area contributed by atoms with Crippen LogP contribution in [0.1, 0.15) is 60.0 Å². The van der Waals surface area contributed by atoms with Crippen molar-refractivity contribution in [2.24, 2.45) is 11.8 Å². The smallest absolute Gasteiger partial charge is 0.335 e. The van der Waals surface area contributed by atoms with Crippen molar-refractivity contribution >= 4 is 23.3 Å². The first kappa shape index (κ1) is 24.2. The average Bonchev–Trinajstić information content (AvgIpc) is 2.98. The second-order valence-corrected chi connectivity index (χ2v) is 11.0. The Morgan fingerprint density at radius 2 is 2.09 bits per heavy atom. The number of hydrogen-bond acceptors (Lipinski definition) is 4. The molecule has 4 atom stereocenters. The molecular formula is C29H34ClNO4. The number of aliphatic hydroxyl groups excluding tert-OH is 1. The summed E-state index contributed by atoms with van der Waals surface area (Å²) >= 11 is 6.34. The van der Waals surface area contributed by atoms with E-state index < -0.39 is 12.1 Å². The number of carboxylic acid groups (broad SMARTS) is 1. The number of carboxylic acids is 1. The third-order valence-corrected chi connectivity index (χ3v) is 8.65. The number of hydrogen-bond donors (Lipinski definition) is 2. The Labute approximate surface area is 212 Å². The van der Waals surface area contributed by atoms with Gasteiger partial charge in [0.2, 0.25) is 0 Å². The number of rotatable bonds is 7. The molecule has 0 amide bonds. The minimum Gasteiger partial charge on any atom is -0.490 e. The summed E-state index contributed by atoms with van der Waals surface area (Å²) in [6, 6.07) is 11.5. The number of aliphatic hydroxyl groups is 1. The van der Waals surface area contributed by atoms with Crippen molar-refractivity contribution in [3.05, 3.63) is 70.8 Å². The highest BCUT2D eigenvalue weighted by Crippen LogP contribution is 2.46. The lowest BCUT2D eigenvalue weighted by Crippen LogP contribution is -2.48. The Morgan fingerprint density at radius 3 is 2.83 bits per heavy atom. The van der Waals surface area contributed by atoms with Crippen molar-refractivity contribution in [2.75, 3.05) is 24.6 Å². The Morgan fingerprint density at radius 1 is 1.26 bits per heavy atom. The Bertz CT molecular complexity index is 1120. The first-order valence-electron chi connectivity index (χ1n) is 12.7. The average molecular weight is 496 g/mol. The summed E-state index contributed by atoms with van der Waals surface area (Å²) < 4.78 is 6.44. The van der Waals surface area contributed by atoms with Gasteiger partial charge in [-0.05, 0) is 98.2 Å². The zero-order valence-electron chi connectivity index (χ0n) is 20.1. The number of halogens is 1. The summed E-state index contributed by atoms with van der Waals surface area (Å²) in [7, 11) is 0. The highest BCUT2D eigenvalue weighted by Gasteiger charge is 2.43. The molecule has 2 aromatic carbocycles. The zero-order chi connectivity index (χ0) is 24.6. The summed E-state index contributed by atoms with van der Waals surface area (Å²) in [5.41, 5.74) is 3.59. The van der Waals surface area contributed by atoms with Gasteiger partial charge in [0, 0.05) is 23.5 Å². The molecule has 2 aliphatic carbocycles. The molecule has 5 rings (SSSR count). The Hall–Kier alpha value is -2.50. The Balaban J connectivity index is 1.47. The largest absolute Gasteiger partial charge is 0.490 e. The molecule has 0 aromatic heterocycles. The molecule has 5 nitrogen and oxygen atoms in total. The molecular weight excluding hydrogens is 462 g/mol. The summed E-state index contributed by atoms with van der Waals surface area (Å²) in [5, 5.41) is 20.4. The zero-order valence-corrected chi connectivity index (χ0v) is 20.8. The molecule has 1 aliphatic heterocycles. The van der Waals surface area contributed by atoms with Crippen LogP contribution in [0.25, 0.3) is 0 Å². The third kappa shape index (κ3) is 4.81. The van der Waals surface area contributed by atoms with Crippen LogP contribution >= 0.6 is 11.6 Å². The van der Waals surface area contributed by atoms with Gasteiger partial charge in [0.05, 0.1) is 24.0 Å². The molecule has 0 saturated heterocycles. The van der Waals surface area contributed by atoms with Gasteiger partial charge in [0.25, 0.3) is 0 Å². The summed E-state index contributed by atoms with van der Waals surface area (Å²) in [4.78, 5) is 14.2. The van der Waals surface area contributed by atoms with Crippen LogP contribution < -0.4 is 9.64 Å². The van der Waals surface area contributed by atoms with Crippen LogP contribution in [0, 0.1) is 11.8 Å². The molecule has 1 fully saturated rings. The molecule has 3 aliphatic rings. The van der Waals surface area contributed by atoms with E-state index in [1.54, 1.807) is 18.2 Å². The fourth-order valence-electron chi connectivity index (χ4n) is 6.29. The highest BCUT2D eigenvalue weighted by molar-refractivity contribution is 6.30. The molecule has 1 unspecified atom stereocenters. The van der Waals surface area contributed by atoms with Gasteiger partial charge in [0.15, 0.2) is 0 Å². The lowest BCUT2D eigenvalue weighted by molar-refractivity contribution is 0.0697. The van der Waals surface area contributed by atoms with Crippen LogP contribution in [0.2, 0.25) is 5.02 Å². The number of ether oxygens (including phenoxy) is 1. The number of fused-ring (bicyclic) bond motifs is 3. The normalized spacial score (nSPS) is 26.1. The van der Waals surface area contributed by atoms with Gasteiger partial charge in [-0.2, -0.15) is 0 Å². The first-order valence-corrected chi connectivity index (χ1v) is 13.1. The SMILES string of the molecule is C=CC(O)CC[C@@H]1CC[C@H]1CN1C[C@@]2(CCCc3cc(Cl)ccc32)COc2ccc(C(=O)O)cc21. The fraction of sp³-hybridized carbons (Fsp3) is 0.483. The van der Waals surface area contributed by atoms with E-state index in [4.69, 9.17) is 16.3 Å². The summed E-state index contributed by atoms with van der Waals surface area (Å²) in [6.45, 7) is 5.91. The third-order valence-electron chi connectivity index (χ3n) is 8.42. The Kier molecular flexibility index (Phi) is 6.82. The number of aryl methyl sites for hydroxylation is 1. The van der Waals surface area contributed by atoms with Crippen molar-refractivity contribution in [3.8, 4) is 5.75 Å². The monoisotopic (exact) mass is 495 g/mol. The van der Waals surface area contributed by atoms with E-state index in [-0.39, 0.29) is 11.0 Å². The van der Waals surface area contributed by atoms with Gasteiger partial charge in [-0.25, -0.2) is 4.79 Å². The molecule has 1 heterocycles. The predicted molar refractivity (Wildman–Crippen MR) is 139 cm³/mol. The number of aromatic carboxylic acids is 1. The molecule has 35 heavy (non-hydrogen) atoms. The van der Waals surface area contributed by atoms with Crippen molar-refractivity contribution in [2.45, 2.75) is 56.5 Å². The second kappa shape index (κ2) is 9.87. The number of anilines is 1. The first-order chi connectivity index (χ1) is 16.9. The van der Waals surface area contributed by atoms with E-state index in [9.17, 15) is 15.0 Å². The minimum absolute atomic E-state index is 0.168. The number of carbonyl (C=O) groups is 1. The van der Waals surface area contributed by atoms with Crippen molar-refractivity contribution in [3.63, 3.8) is 0 Å². The summed E-state index contributed by atoms with van der Waals surface area (Å²) in [5.74, 6) is 0.903. The molecule has 1 spiro atoms. The van der Waals surface area contributed by atoms with Gasteiger partial charge in [-0.3, -0.25) is 0 Å². The predicted octanol–water partition coefficient (Wildman–Crippen LogP) is 5.86. The molecule has 1 saturated carbocycles. The molecule has 6 heteroatoms. The molecule has 0 bridgehead atoms.